The number of hydrogen-bond acceptors (Lipinski definition) is 5. The second kappa shape index (κ2) is 4.93. The zero-order valence-electron chi connectivity index (χ0n) is 9.85. The highest BCUT2D eigenvalue weighted by atomic mass is 32.1. The smallest absolute Gasteiger partial charge is 0.271 e. The number of amides is 1. The third kappa shape index (κ3) is 2.70. The van der Waals surface area contributed by atoms with Gasteiger partial charge in [0, 0.05) is 10.3 Å². The van der Waals surface area contributed by atoms with Crippen LogP contribution in [0.2, 0.25) is 0 Å². The molecule has 90 valence electrons. The summed E-state index contributed by atoms with van der Waals surface area (Å²) in [6.45, 7) is 5.89. The molecule has 1 N–H and O–H groups in total. The first-order valence-corrected chi connectivity index (χ1v) is 6.97. The normalized spacial score (nSPS) is 12.4. The van der Waals surface area contributed by atoms with Crippen LogP contribution in [0.15, 0.2) is 10.9 Å². The molecule has 17 heavy (non-hydrogen) atoms. The number of carbonyl (C=O) groups excluding carboxylic acids is 1. The fraction of sp³-hybridized carbons (Fsp3) is 0.364. The van der Waals surface area contributed by atoms with Crippen molar-refractivity contribution in [3.8, 4) is 0 Å². The van der Waals surface area contributed by atoms with Crippen molar-refractivity contribution in [3.63, 3.8) is 0 Å². The molecule has 0 radical (unpaired) electrons. The van der Waals surface area contributed by atoms with Gasteiger partial charge in [-0.1, -0.05) is 0 Å². The average molecular weight is 267 g/mol. The molecule has 0 aliphatic rings. The van der Waals surface area contributed by atoms with Crippen LogP contribution in [0.5, 0.6) is 0 Å². The molecule has 6 heteroatoms. The molecule has 2 heterocycles. The van der Waals surface area contributed by atoms with E-state index in [0.717, 1.165) is 15.6 Å². The quantitative estimate of drug-likeness (QED) is 0.930. The molecular weight excluding hydrogens is 254 g/mol. The highest BCUT2D eigenvalue weighted by Gasteiger charge is 2.16. The minimum atomic E-state index is -0.135. The van der Waals surface area contributed by atoms with Gasteiger partial charge in [-0.15, -0.1) is 22.7 Å². The van der Waals surface area contributed by atoms with Crippen molar-refractivity contribution in [2.75, 3.05) is 0 Å². The zero-order chi connectivity index (χ0) is 12.4. The zero-order valence-corrected chi connectivity index (χ0v) is 11.5. The van der Waals surface area contributed by atoms with E-state index >= 15 is 0 Å². The van der Waals surface area contributed by atoms with Gasteiger partial charge in [-0.05, 0) is 20.8 Å². The lowest BCUT2D eigenvalue weighted by molar-refractivity contribution is 0.0936. The molecule has 0 aliphatic carbocycles. The molecule has 0 fully saturated rings. The summed E-state index contributed by atoms with van der Waals surface area (Å²) in [5.41, 5.74) is 3.11. The maximum absolute atomic E-state index is 11.8. The first-order chi connectivity index (χ1) is 8.08. The van der Waals surface area contributed by atoms with Crippen LogP contribution < -0.4 is 5.32 Å². The molecule has 2 aromatic rings. The van der Waals surface area contributed by atoms with Crippen LogP contribution in [0.1, 0.15) is 39.0 Å². The molecule has 2 rings (SSSR count). The largest absolute Gasteiger partial charge is 0.343 e. The second-order valence-corrected chi connectivity index (χ2v) is 5.70. The molecule has 0 spiro atoms. The predicted molar refractivity (Wildman–Crippen MR) is 69.6 cm³/mol. The Morgan fingerprint density at radius 2 is 2.24 bits per heavy atom. The monoisotopic (exact) mass is 267 g/mol. The fourth-order valence-electron chi connectivity index (χ4n) is 1.61. The maximum Gasteiger partial charge on any atom is 0.271 e. The molecule has 1 atom stereocenters. The van der Waals surface area contributed by atoms with Gasteiger partial charge in [0.25, 0.3) is 5.91 Å². The third-order valence-corrected chi connectivity index (χ3v) is 4.19. The number of rotatable bonds is 3. The van der Waals surface area contributed by atoms with E-state index in [0.29, 0.717) is 5.69 Å². The lowest BCUT2D eigenvalue weighted by Crippen LogP contribution is -2.26. The van der Waals surface area contributed by atoms with Gasteiger partial charge in [0.2, 0.25) is 0 Å². The molecule has 0 saturated heterocycles. The topological polar surface area (TPSA) is 54.9 Å². The Morgan fingerprint density at radius 1 is 1.47 bits per heavy atom. The predicted octanol–water partition coefficient (Wildman–Crippen LogP) is 2.71. The van der Waals surface area contributed by atoms with Crippen molar-refractivity contribution in [2.45, 2.75) is 26.8 Å². The summed E-state index contributed by atoms with van der Waals surface area (Å²) < 4.78 is 0. The van der Waals surface area contributed by atoms with E-state index in [2.05, 4.69) is 15.3 Å². The van der Waals surface area contributed by atoms with Gasteiger partial charge in [0.15, 0.2) is 0 Å². The van der Waals surface area contributed by atoms with Gasteiger partial charge >= 0.3 is 0 Å². The van der Waals surface area contributed by atoms with Crippen LogP contribution in [0.25, 0.3) is 0 Å². The third-order valence-electron chi connectivity index (χ3n) is 2.35. The summed E-state index contributed by atoms with van der Waals surface area (Å²) in [5.74, 6) is -0.135. The summed E-state index contributed by atoms with van der Waals surface area (Å²) >= 11 is 3.03. The van der Waals surface area contributed by atoms with Gasteiger partial charge < -0.3 is 5.32 Å². The van der Waals surface area contributed by atoms with E-state index in [4.69, 9.17) is 0 Å². The molecule has 1 amide bonds. The van der Waals surface area contributed by atoms with E-state index in [-0.39, 0.29) is 11.9 Å². The first kappa shape index (κ1) is 12.2. The summed E-state index contributed by atoms with van der Waals surface area (Å²) in [7, 11) is 0. The minimum absolute atomic E-state index is 0.0320. The van der Waals surface area contributed by atoms with Crippen molar-refractivity contribution >= 4 is 28.6 Å². The Labute approximate surface area is 108 Å². The standard InChI is InChI=1S/C11H13N3OS2/c1-6-10(17-8(3)13-6)7(2)14-11(15)9-4-16-5-12-9/h4-5,7H,1-3H3,(H,14,15). The van der Waals surface area contributed by atoms with Gasteiger partial charge in [-0.3, -0.25) is 4.79 Å². The highest BCUT2D eigenvalue weighted by molar-refractivity contribution is 7.11. The summed E-state index contributed by atoms with van der Waals surface area (Å²) in [6, 6.07) is -0.0320. The van der Waals surface area contributed by atoms with Crippen LogP contribution in [-0.2, 0) is 0 Å². The van der Waals surface area contributed by atoms with Crippen molar-refractivity contribution in [1.29, 1.82) is 0 Å². The summed E-state index contributed by atoms with van der Waals surface area (Å²) in [4.78, 5) is 21.3. The van der Waals surface area contributed by atoms with Crippen LogP contribution >= 0.6 is 22.7 Å². The van der Waals surface area contributed by atoms with Gasteiger partial charge in [0.1, 0.15) is 5.69 Å². The average Bonchev–Trinajstić information content (AvgIpc) is 2.87. The Bertz CT molecular complexity index is 519. The molecule has 0 bridgehead atoms. The van der Waals surface area contributed by atoms with Crippen LogP contribution in [0, 0.1) is 13.8 Å². The van der Waals surface area contributed by atoms with Crippen LogP contribution in [-0.4, -0.2) is 15.9 Å². The second-order valence-electron chi connectivity index (χ2n) is 3.75. The number of nitrogens with one attached hydrogen (secondary N) is 1. The number of aryl methyl sites for hydroxylation is 2. The van der Waals surface area contributed by atoms with E-state index in [1.807, 2.05) is 20.8 Å². The van der Waals surface area contributed by atoms with Crippen molar-refractivity contribution in [1.82, 2.24) is 15.3 Å². The fourth-order valence-corrected chi connectivity index (χ4v) is 3.07. The highest BCUT2D eigenvalue weighted by Crippen LogP contribution is 2.24. The van der Waals surface area contributed by atoms with E-state index in [1.54, 1.807) is 22.2 Å². The Hall–Kier alpha value is -1.27. The maximum atomic E-state index is 11.8. The Kier molecular flexibility index (Phi) is 3.54. The lowest BCUT2D eigenvalue weighted by atomic mass is 10.2. The molecule has 1 unspecified atom stereocenters. The van der Waals surface area contributed by atoms with Crippen molar-refractivity contribution < 1.29 is 4.79 Å². The van der Waals surface area contributed by atoms with E-state index in [9.17, 15) is 4.79 Å². The number of thiazole rings is 2. The summed E-state index contributed by atoms with van der Waals surface area (Å²) in [5, 5.41) is 5.69. The SMILES string of the molecule is Cc1nc(C)c(C(C)NC(=O)c2cscn2)s1. The number of nitrogens with zero attached hydrogens (tertiary/aromatic N) is 2. The van der Waals surface area contributed by atoms with E-state index in [1.165, 1.54) is 11.3 Å². The van der Waals surface area contributed by atoms with Gasteiger partial charge in [-0.2, -0.15) is 0 Å². The van der Waals surface area contributed by atoms with Crippen LogP contribution in [0.3, 0.4) is 0 Å². The molecular formula is C11H13N3OS2. The van der Waals surface area contributed by atoms with Crippen molar-refractivity contribution in [3.05, 3.63) is 32.2 Å². The Balaban J connectivity index is 2.09. The summed E-state index contributed by atoms with van der Waals surface area (Å²) in [6.07, 6.45) is 0. The lowest BCUT2D eigenvalue weighted by Gasteiger charge is -2.11. The van der Waals surface area contributed by atoms with Gasteiger partial charge in [0.05, 0.1) is 22.3 Å². The number of carbonyl (C=O) groups is 1. The molecule has 0 aromatic carbocycles. The molecule has 2 aromatic heterocycles. The molecule has 0 aliphatic heterocycles. The van der Waals surface area contributed by atoms with Crippen molar-refractivity contribution in [2.24, 2.45) is 0 Å². The minimum Gasteiger partial charge on any atom is -0.343 e. The first-order valence-electron chi connectivity index (χ1n) is 5.21. The van der Waals surface area contributed by atoms with E-state index < -0.39 is 0 Å². The molecule has 0 saturated carbocycles. The van der Waals surface area contributed by atoms with Crippen LogP contribution in [0.4, 0.5) is 0 Å². The number of hydrogen-bond donors (Lipinski definition) is 1. The molecule has 4 nitrogen and oxygen atoms in total. The number of aromatic nitrogens is 2. The Morgan fingerprint density at radius 3 is 2.76 bits per heavy atom. The van der Waals surface area contributed by atoms with Gasteiger partial charge in [-0.25, -0.2) is 9.97 Å².